The van der Waals surface area contributed by atoms with Crippen molar-refractivity contribution in [3.63, 3.8) is 0 Å². The Bertz CT molecular complexity index is 682. The highest BCUT2D eigenvalue weighted by Crippen LogP contribution is 2.38. The predicted octanol–water partition coefficient (Wildman–Crippen LogP) is 5.48. The molecule has 2 rings (SSSR count). The van der Waals surface area contributed by atoms with Crippen LogP contribution in [0.15, 0.2) is 34.7 Å². The molecule has 138 valence electrons. The molecule has 0 aliphatic carbocycles. The molecule has 0 unspecified atom stereocenters. The number of aryl methyl sites for hydroxylation is 1. The lowest BCUT2D eigenvalue weighted by atomic mass is 10.0. The molecule has 1 aromatic heterocycles. The fourth-order valence-corrected chi connectivity index (χ4v) is 2.33. The molecule has 1 heterocycles. The molecule has 0 spiro atoms. The molecule has 0 aliphatic rings. The molecule has 0 amide bonds. The minimum absolute atomic E-state index is 0.0172. The zero-order valence-corrected chi connectivity index (χ0v) is 13.6. The van der Waals surface area contributed by atoms with Gasteiger partial charge in [-0.3, -0.25) is 0 Å². The van der Waals surface area contributed by atoms with Gasteiger partial charge < -0.3 is 9.32 Å². The third-order valence-electron chi connectivity index (χ3n) is 3.56. The second kappa shape index (κ2) is 7.11. The number of benzene rings is 1. The Morgan fingerprint density at radius 3 is 1.92 bits per heavy atom. The van der Waals surface area contributed by atoms with E-state index in [0.717, 1.165) is 13.0 Å². The lowest BCUT2D eigenvalue weighted by Gasteiger charge is -2.13. The van der Waals surface area contributed by atoms with E-state index >= 15 is 0 Å². The Hall–Kier alpha value is -1.96. The molecule has 1 aromatic carbocycles. The monoisotopic (exact) mass is 365 g/mol. The minimum Gasteiger partial charge on any atom is -0.461 e. The van der Waals surface area contributed by atoms with Gasteiger partial charge in [-0.1, -0.05) is 0 Å². The molecule has 0 radical (unpaired) electrons. The number of hydrogen-bond acceptors (Lipinski definition) is 2. The summed E-state index contributed by atoms with van der Waals surface area (Å²) in [6.45, 7) is 0.789. The average Bonchev–Trinajstić information content (AvgIpc) is 2.93. The molecule has 0 N–H and O–H groups in total. The molecule has 2 nitrogen and oxygen atoms in total. The van der Waals surface area contributed by atoms with E-state index in [1.54, 1.807) is 6.07 Å². The lowest BCUT2D eigenvalue weighted by molar-refractivity contribution is -0.143. The molecule has 0 saturated carbocycles. The number of furan rings is 1. The SMILES string of the molecule is CN(C)CCCc1ccc(-c2cc(C(F)(F)F)cc(C(F)(F)F)c2)o1. The van der Waals surface area contributed by atoms with Gasteiger partial charge in [0.05, 0.1) is 11.1 Å². The highest BCUT2D eigenvalue weighted by molar-refractivity contribution is 5.61. The van der Waals surface area contributed by atoms with Crippen LogP contribution in [0.5, 0.6) is 0 Å². The van der Waals surface area contributed by atoms with Gasteiger partial charge in [-0.25, -0.2) is 0 Å². The van der Waals surface area contributed by atoms with Gasteiger partial charge >= 0.3 is 12.4 Å². The van der Waals surface area contributed by atoms with Crippen molar-refractivity contribution in [3.05, 3.63) is 47.2 Å². The molecule has 0 atom stereocenters. The topological polar surface area (TPSA) is 16.4 Å². The molecule has 25 heavy (non-hydrogen) atoms. The van der Waals surface area contributed by atoms with Crippen LogP contribution in [-0.4, -0.2) is 25.5 Å². The summed E-state index contributed by atoms with van der Waals surface area (Å²) >= 11 is 0. The van der Waals surface area contributed by atoms with Gasteiger partial charge in [0.15, 0.2) is 0 Å². The normalized spacial score (nSPS) is 12.8. The molecule has 0 aliphatic heterocycles. The summed E-state index contributed by atoms with van der Waals surface area (Å²) in [5.74, 6) is 0.499. The van der Waals surface area contributed by atoms with Crippen molar-refractivity contribution in [3.8, 4) is 11.3 Å². The van der Waals surface area contributed by atoms with E-state index in [1.807, 2.05) is 19.0 Å². The standard InChI is InChI=1S/C17H17F6NO/c1-24(2)7-3-4-14-5-6-15(25-14)11-8-12(16(18,19)20)10-13(9-11)17(21,22)23/h5-6,8-10H,3-4,7H2,1-2H3. The minimum atomic E-state index is -4.88. The maximum Gasteiger partial charge on any atom is 0.416 e. The van der Waals surface area contributed by atoms with Gasteiger partial charge in [0.2, 0.25) is 0 Å². The summed E-state index contributed by atoms with van der Waals surface area (Å²) in [5, 5.41) is 0. The summed E-state index contributed by atoms with van der Waals surface area (Å²) in [4.78, 5) is 1.96. The zero-order valence-electron chi connectivity index (χ0n) is 13.6. The van der Waals surface area contributed by atoms with Gasteiger partial charge in [0, 0.05) is 12.0 Å². The van der Waals surface area contributed by atoms with Crippen molar-refractivity contribution in [1.82, 2.24) is 4.90 Å². The highest BCUT2D eigenvalue weighted by Gasteiger charge is 2.37. The van der Waals surface area contributed by atoms with Crippen LogP contribution in [0.1, 0.15) is 23.3 Å². The van der Waals surface area contributed by atoms with Crippen molar-refractivity contribution >= 4 is 0 Å². The zero-order chi connectivity index (χ0) is 18.8. The van der Waals surface area contributed by atoms with E-state index < -0.39 is 23.5 Å². The molecule has 0 bridgehead atoms. The largest absolute Gasteiger partial charge is 0.461 e. The maximum absolute atomic E-state index is 12.9. The van der Waals surface area contributed by atoms with Gasteiger partial charge in [-0.2, -0.15) is 26.3 Å². The Morgan fingerprint density at radius 2 is 1.44 bits per heavy atom. The first-order valence-electron chi connectivity index (χ1n) is 7.50. The van der Waals surface area contributed by atoms with Crippen molar-refractivity contribution in [2.24, 2.45) is 0 Å². The molecule has 8 heteroatoms. The van der Waals surface area contributed by atoms with Crippen LogP contribution >= 0.6 is 0 Å². The number of rotatable bonds is 5. The quantitative estimate of drug-likeness (QED) is 0.653. The first-order chi connectivity index (χ1) is 11.5. The van der Waals surface area contributed by atoms with Crippen LogP contribution < -0.4 is 0 Å². The van der Waals surface area contributed by atoms with E-state index in [1.165, 1.54) is 6.07 Å². The van der Waals surface area contributed by atoms with Crippen LogP contribution in [0.25, 0.3) is 11.3 Å². The van der Waals surface area contributed by atoms with Gasteiger partial charge in [-0.15, -0.1) is 0 Å². The lowest BCUT2D eigenvalue weighted by Crippen LogP contribution is -2.13. The molecular formula is C17H17F6NO. The van der Waals surface area contributed by atoms with Crippen LogP contribution in [0.2, 0.25) is 0 Å². The van der Waals surface area contributed by atoms with E-state index in [-0.39, 0.29) is 17.4 Å². The van der Waals surface area contributed by atoms with E-state index in [0.29, 0.717) is 24.3 Å². The summed E-state index contributed by atoms with van der Waals surface area (Å²) in [7, 11) is 3.80. The van der Waals surface area contributed by atoms with Crippen LogP contribution in [0.3, 0.4) is 0 Å². The number of nitrogens with zero attached hydrogens (tertiary/aromatic N) is 1. The Balaban J connectivity index is 2.33. The Kier molecular flexibility index (Phi) is 5.51. The summed E-state index contributed by atoms with van der Waals surface area (Å²) in [6, 6.07) is 4.39. The molecule has 0 saturated heterocycles. The summed E-state index contributed by atoms with van der Waals surface area (Å²) in [5.41, 5.74) is -2.97. The summed E-state index contributed by atoms with van der Waals surface area (Å²) in [6.07, 6.45) is -8.45. The van der Waals surface area contributed by atoms with Crippen LogP contribution in [-0.2, 0) is 18.8 Å². The van der Waals surface area contributed by atoms with Crippen molar-refractivity contribution in [2.75, 3.05) is 20.6 Å². The number of halogens is 6. The second-order valence-corrected chi connectivity index (χ2v) is 5.97. The number of hydrogen-bond donors (Lipinski definition) is 0. The first-order valence-corrected chi connectivity index (χ1v) is 7.50. The smallest absolute Gasteiger partial charge is 0.416 e. The first kappa shape index (κ1) is 19.4. The third-order valence-corrected chi connectivity index (χ3v) is 3.56. The Morgan fingerprint density at radius 1 is 0.880 bits per heavy atom. The van der Waals surface area contributed by atoms with Crippen molar-refractivity contribution in [1.29, 1.82) is 0 Å². The van der Waals surface area contributed by atoms with E-state index in [2.05, 4.69) is 0 Å². The van der Waals surface area contributed by atoms with Gasteiger partial charge in [-0.05, 0) is 57.4 Å². The van der Waals surface area contributed by atoms with E-state index in [9.17, 15) is 26.3 Å². The van der Waals surface area contributed by atoms with Crippen molar-refractivity contribution < 1.29 is 30.8 Å². The second-order valence-electron chi connectivity index (χ2n) is 5.97. The van der Waals surface area contributed by atoms with Crippen LogP contribution in [0, 0.1) is 0 Å². The van der Waals surface area contributed by atoms with Gasteiger partial charge in [0.1, 0.15) is 11.5 Å². The predicted molar refractivity (Wildman–Crippen MR) is 81.0 cm³/mol. The van der Waals surface area contributed by atoms with E-state index in [4.69, 9.17) is 4.42 Å². The van der Waals surface area contributed by atoms with Gasteiger partial charge in [0.25, 0.3) is 0 Å². The maximum atomic E-state index is 12.9. The van der Waals surface area contributed by atoms with Crippen LogP contribution in [0.4, 0.5) is 26.3 Å². The Labute approximate surface area is 141 Å². The third kappa shape index (κ3) is 5.26. The highest BCUT2D eigenvalue weighted by atomic mass is 19.4. The summed E-state index contributed by atoms with van der Waals surface area (Å²) < 4.78 is 82.8. The number of alkyl halides is 6. The molecular weight excluding hydrogens is 348 g/mol. The molecule has 2 aromatic rings. The fourth-order valence-electron chi connectivity index (χ4n) is 2.33. The van der Waals surface area contributed by atoms with Crippen molar-refractivity contribution in [2.45, 2.75) is 25.2 Å². The molecule has 0 fully saturated rings. The fraction of sp³-hybridized carbons (Fsp3) is 0.412. The average molecular weight is 365 g/mol.